The first kappa shape index (κ1) is 59.6. The monoisotopic (exact) mass is 881 g/mol. The average Bonchev–Trinajstić information content (AvgIpc) is 3.22. The van der Waals surface area contributed by atoms with Crippen LogP contribution in [0, 0.1) is 27.1 Å². The van der Waals surface area contributed by atoms with Crippen molar-refractivity contribution in [2.75, 3.05) is 39.3 Å². The molecule has 0 aromatic heterocycles. The van der Waals surface area contributed by atoms with Crippen molar-refractivity contribution in [1.82, 2.24) is 9.80 Å². The van der Waals surface area contributed by atoms with Crippen LogP contribution in [0.4, 0.5) is 0 Å². The quantitative estimate of drug-likeness (QED) is 0.149. The van der Waals surface area contributed by atoms with Crippen LogP contribution in [-0.4, -0.2) is 49.1 Å². The van der Waals surface area contributed by atoms with Crippen molar-refractivity contribution in [3.8, 4) is 0 Å². The Morgan fingerprint density at radius 2 is 0.609 bits per heavy atom. The van der Waals surface area contributed by atoms with Gasteiger partial charge in [-0.15, -0.1) is 0 Å². The Hall–Kier alpha value is -2.42. The summed E-state index contributed by atoms with van der Waals surface area (Å²) in [6, 6.07) is 32.2. The lowest BCUT2D eigenvalue weighted by Crippen LogP contribution is -2.32. The topological polar surface area (TPSA) is 6.48 Å². The fourth-order valence-electron chi connectivity index (χ4n) is 7.95. The van der Waals surface area contributed by atoms with E-state index in [1.54, 1.807) is 0 Å². The minimum Gasteiger partial charge on any atom is -0.303 e. The highest BCUT2D eigenvalue weighted by molar-refractivity contribution is 5.16. The second-order valence-electron chi connectivity index (χ2n) is 25.5. The Balaban J connectivity index is 0.000000400. The molecule has 3 aromatic carbocycles. The molecule has 2 aliphatic heterocycles. The first-order chi connectivity index (χ1) is 29.9. The molecule has 2 fully saturated rings. The molecule has 0 spiro atoms. The molecular formula is C62H108N2. The van der Waals surface area contributed by atoms with Crippen molar-refractivity contribution in [1.29, 1.82) is 0 Å². The lowest BCUT2D eigenvalue weighted by molar-refractivity contribution is 0.196. The van der Waals surface area contributed by atoms with Gasteiger partial charge in [-0.05, 0) is 179 Å². The molecule has 0 N–H and O–H groups in total. The maximum Gasteiger partial charge on any atom is -0.00138 e. The van der Waals surface area contributed by atoms with Crippen LogP contribution in [0.5, 0.6) is 0 Å². The van der Waals surface area contributed by atoms with Crippen molar-refractivity contribution >= 4 is 0 Å². The summed E-state index contributed by atoms with van der Waals surface area (Å²) < 4.78 is 0. The van der Waals surface area contributed by atoms with E-state index in [1.807, 2.05) is 0 Å². The number of likely N-dealkylation sites (tertiary alicyclic amines) is 2. The smallest absolute Gasteiger partial charge is 0.00138 e. The van der Waals surface area contributed by atoms with E-state index in [9.17, 15) is 0 Å². The van der Waals surface area contributed by atoms with Crippen LogP contribution in [0.25, 0.3) is 0 Å². The van der Waals surface area contributed by atoms with Crippen molar-refractivity contribution < 1.29 is 0 Å². The number of aryl methyl sites for hydroxylation is 3. The summed E-state index contributed by atoms with van der Waals surface area (Å²) >= 11 is 0. The maximum atomic E-state index is 2.63. The van der Waals surface area contributed by atoms with Crippen LogP contribution in [0.3, 0.4) is 0 Å². The number of rotatable bonds is 14. The Bertz CT molecular complexity index is 1460. The van der Waals surface area contributed by atoms with Crippen LogP contribution < -0.4 is 0 Å². The van der Waals surface area contributed by atoms with E-state index in [0.29, 0.717) is 27.1 Å². The SMILES string of the molecule is CC(C)(C)CCCCc1ccccc1.CC(C)(C)CCCN1CCCCC1.CC(C)(C)CCCc1ccccc1.CC(C)(C)CCN1CCCCC1.CC(C)(C)CCc1ccccc1. The average molecular weight is 882 g/mol. The molecule has 0 atom stereocenters. The van der Waals surface area contributed by atoms with E-state index in [1.165, 1.54) is 172 Å². The summed E-state index contributed by atoms with van der Waals surface area (Å²) in [7, 11) is 0. The van der Waals surface area contributed by atoms with Gasteiger partial charge >= 0.3 is 0 Å². The third-order valence-corrected chi connectivity index (χ3v) is 12.2. The van der Waals surface area contributed by atoms with Gasteiger partial charge in [0.25, 0.3) is 0 Å². The molecule has 366 valence electrons. The minimum absolute atomic E-state index is 0.454. The summed E-state index contributed by atoms with van der Waals surface area (Å²) in [6.45, 7) is 42.7. The number of piperidine rings is 2. The van der Waals surface area contributed by atoms with Gasteiger partial charge in [-0.2, -0.15) is 0 Å². The molecule has 3 aromatic rings. The number of benzene rings is 3. The Morgan fingerprint density at radius 1 is 0.297 bits per heavy atom. The highest BCUT2D eigenvalue weighted by Gasteiger charge is 2.16. The molecule has 2 nitrogen and oxygen atoms in total. The molecule has 0 saturated carbocycles. The molecule has 64 heavy (non-hydrogen) atoms. The molecule has 2 aliphatic rings. The predicted molar refractivity (Wildman–Crippen MR) is 290 cm³/mol. The zero-order valence-corrected chi connectivity index (χ0v) is 45.5. The van der Waals surface area contributed by atoms with Gasteiger partial charge in [0.15, 0.2) is 0 Å². The van der Waals surface area contributed by atoms with Gasteiger partial charge in [-0.1, -0.05) is 214 Å². The fraction of sp³-hybridized carbons (Fsp3) is 0.710. The van der Waals surface area contributed by atoms with Crippen LogP contribution in [0.1, 0.15) is 217 Å². The van der Waals surface area contributed by atoms with Gasteiger partial charge in [0.1, 0.15) is 0 Å². The summed E-state index contributed by atoms with van der Waals surface area (Å²) in [5.74, 6) is 0. The molecule has 0 radical (unpaired) electrons. The highest BCUT2D eigenvalue weighted by Crippen LogP contribution is 2.25. The van der Waals surface area contributed by atoms with Crippen LogP contribution in [0.15, 0.2) is 91.0 Å². The van der Waals surface area contributed by atoms with E-state index in [4.69, 9.17) is 0 Å². The zero-order valence-electron chi connectivity index (χ0n) is 45.5. The van der Waals surface area contributed by atoms with Crippen molar-refractivity contribution in [2.24, 2.45) is 27.1 Å². The van der Waals surface area contributed by atoms with Crippen molar-refractivity contribution in [3.05, 3.63) is 108 Å². The second-order valence-corrected chi connectivity index (χ2v) is 25.5. The van der Waals surface area contributed by atoms with E-state index in [0.717, 1.165) is 0 Å². The predicted octanol–water partition coefficient (Wildman–Crippen LogP) is 18.4. The van der Waals surface area contributed by atoms with Crippen molar-refractivity contribution in [2.45, 2.75) is 219 Å². The van der Waals surface area contributed by atoms with Gasteiger partial charge in [-0.25, -0.2) is 0 Å². The van der Waals surface area contributed by atoms with Gasteiger partial charge in [0.2, 0.25) is 0 Å². The summed E-state index contributed by atoms with van der Waals surface area (Å²) in [5.41, 5.74) is 6.86. The number of hydrogen-bond donors (Lipinski definition) is 0. The minimum atomic E-state index is 0.454. The second kappa shape index (κ2) is 32.3. The van der Waals surface area contributed by atoms with Gasteiger partial charge in [0.05, 0.1) is 0 Å². The molecule has 0 aliphatic carbocycles. The first-order valence-corrected chi connectivity index (χ1v) is 26.5. The Labute approximate surface area is 401 Å². The molecule has 0 amide bonds. The van der Waals surface area contributed by atoms with Crippen LogP contribution >= 0.6 is 0 Å². The summed E-state index contributed by atoms with van der Waals surface area (Å²) in [5, 5.41) is 0. The highest BCUT2D eigenvalue weighted by atomic mass is 15.1. The number of nitrogens with zero attached hydrogens (tertiary/aromatic N) is 2. The summed E-state index contributed by atoms with van der Waals surface area (Å²) in [4.78, 5) is 5.25. The Morgan fingerprint density at radius 3 is 0.984 bits per heavy atom. The van der Waals surface area contributed by atoms with E-state index >= 15 is 0 Å². The van der Waals surface area contributed by atoms with Gasteiger partial charge in [-0.3, -0.25) is 0 Å². The number of unbranched alkanes of at least 4 members (excludes halogenated alkanes) is 1. The molecule has 2 heterocycles. The van der Waals surface area contributed by atoms with E-state index in [-0.39, 0.29) is 0 Å². The molecule has 0 bridgehead atoms. The third kappa shape index (κ3) is 39.9. The van der Waals surface area contributed by atoms with Gasteiger partial charge < -0.3 is 9.80 Å². The lowest BCUT2D eigenvalue weighted by Gasteiger charge is -2.29. The standard InChI is InChI=1S/C14H22.C13H20.C12H25N.C12H18.C11H23N/c1-14(2,3)12-8-7-11-13-9-5-4-6-10-13;1-13(2,3)11-7-10-12-8-5-4-6-9-12;1-12(2,3)8-7-11-13-9-5-4-6-10-13;1-12(2,3)10-9-11-7-5-4-6-8-11;1-11(2,3)7-10-12-8-5-4-6-9-12/h4-6,9-10H,7-8,11-12H2,1-3H3;4-6,8-9H,7,10-11H2,1-3H3;4-11H2,1-3H3;4-8H,9-10H2,1-3H3;4-10H2,1-3H3. The molecule has 2 heteroatoms. The molecule has 0 unspecified atom stereocenters. The van der Waals surface area contributed by atoms with E-state index in [2.05, 4.69) is 205 Å². The van der Waals surface area contributed by atoms with Crippen LogP contribution in [0.2, 0.25) is 0 Å². The fourth-order valence-corrected chi connectivity index (χ4v) is 7.95. The van der Waals surface area contributed by atoms with E-state index < -0.39 is 0 Å². The lowest BCUT2D eigenvalue weighted by atomic mass is 9.89. The number of hydrogen-bond acceptors (Lipinski definition) is 2. The largest absolute Gasteiger partial charge is 0.303 e. The normalized spacial score (nSPS) is 15.2. The Kier molecular flexibility index (Phi) is 30.1. The first-order valence-electron chi connectivity index (χ1n) is 26.5. The van der Waals surface area contributed by atoms with Gasteiger partial charge in [0, 0.05) is 0 Å². The summed E-state index contributed by atoms with van der Waals surface area (Å²) in [6.07, 6.45) is 24.2. The van der Waals surface area contributed by atoms with Crippen molar-refractivity contribution in [3.63, 3.8) is 0 Å². The third-order valence-electron chi connectivity index (χ3n) is 12.2. The molecule has 5 rings (SSSR count). The molecule has 2 saturated heterocycles. The molecular weight excluding hydrogens is 773 g/mol. The maximum absolute atomic E-state index is 2.63. The van der Waals surface area contributed by atoms with Crippen LogP contribution in [-0.2, 0) is 19.3 Å². The zero-order chi connectivity index (χ0) is 48.0.